The van der Waals surface area contributed by atoms with Gasteiger partial charge >= 0.3 is 6.03 Å². The first kappa shape index (κ1) is 31.1. The van der Waals surface area contributed by atoms with Crippen molar-refractivity contribution in [3.05, 3.63) is 121 Å². The summed E-state index contributed by atoms with van der Waals surface area (Å²) < 4.78 is 17.9. The molecule has 4 aromatic rings. The van der Waals surface area contributed by atoms with Gasteiger partial charge in [-0.1, -0.05) is 59.1 Å². The second kappa shape index (κ2) is 13.5. The van der Waals surface area contributed by atoms with Crippen LogP contribution in [0.5, 0.6) is 17.2 Å². The Morgan fingerprint density at radius 2 is 1.61 bits per heavy atom. The van der Waals surface area contributed by atoms with Crippen LogP contribution in [0.2, 0.25) is 10.0 Å². The van der Waals surface area contributed by atoms with Crippen LogP contribution in [0.25, 0.3) is 6.08 Å². The van der Waals surface area contributed by atoms with Crippen LogP contribution >= 0.6 is 39.1 Å². The summed E-state index contributed by atoms with van der Waals surface area (Å²) >= 11 is 15.7. The highest BCUT2D eigenvalue weighted by atomic mass is 79.9. The van der Waals surface area contributed by atoms with Gasteiger partial charge in [-0.25, -0.2) is 9.69 Å². The Hall–Kier alpha value is -4.31. The summed E-state index contributed by atoms with van der Waals surface area (Å²) in [6, 6.07) is 21.8. The van der Waals surface area contributed by atoms with Crippen molar-refractivity contribution in [2.24, 2.45) is 0 Å². The number of methoxy groups -OCH3 is 1. The van der Waals surface area contributed by atoms with Crippen molar-refractivity contribution in [1.29, 1.82) is 0 Å². The predicted molar refractivity (Wildman–Crippen MR) is 172 cm³/mol. The van der Waals surface area contributed by atoms with Crippen molar-refractivity contribution in [3.8, 4) is 17.2 Å². The lowest BCUT2D eigenvalue weighted by Crippen LogP contribution is -2.54. The van der Waals surface area contributed by atoms with E-state index in [0.717, 1.165) is 21.6 Å². The molecule has 1 aliphatic rings. The zero-order valence-electron chi connectivity index (χ0n) is 23.5. The van der Waals surface area contributed by atoms with E-state index >= 15 is 0 Å². The number of carbonyl (C=O) groups is 3. The van der Waals surface area contributed by atoms with E-state index < -0.39 is 17.8 Å². The smallest absolute Gasteiger partial charge is 0.335 e. The molecule has 0 aliphatic carbocycles. The van der Waals surface area contributed by atoms with Gasteiger partial charge in [-0.3, -0.25) is 14.9 Å². The highest BCUT2D eigenvalue weighted by Gasteiger charge is 2.37. The largest absolute Gasteiger partial charge is 0.493 e. The van der Waals surface area contributed by atoms with Crippen molar-refractivity contribution in [3.63, 3.8) is 0 Å². The van der Waals surface area contributed by atoms with Gasteiger partial charge in [0.1, 0.15) is 24.5 Å². The molecule has 5 rings (SSSR count). The van der Waals surface area contributed by atoms with Gasteiger partial charge in [0.15, 0.2) is 11.5 Å². The fourth-order valence-electron chi connectivity index (χ4n) is 4.35. The molecule has 1 N–H and O–H groups in total. The molecule has 0 saturated carbocycles. The minimum Gasteiger partial charge on any atom is -0.493 e. The average molecular weight is 696 g/mol. The predicted octanol–water partition coefficient (Wildman–Crippen LogP) is 7.90. The van der Waals surface area contributed by atoms with E-state index in [9.17, 15) is 14.4 Å². The molecule has 4 amide bonds. The highest BCUT2D eigenvalue weighted by Crippen LogP contribution is 2.38. The highest BCUT2D eigenvalue weighted by molar-refractivity contribution is 9.10. The molecule has 4 aromatic carbocycles. The van der Waals surface area contributed by atoms with E-state index in [1.165, 1.54) is 13.2 Å². The number of aryl methyl sites for hydroxylation is 1. The normalized spacial score (nSPS) is 14.1. The number of anilines is 1. The standard InChI is InChI=1S/C33H25BrCl2N2O6/c1-19-3-5-20(6-4-19)17-44-30-27(34)14-21(15-29(30)42-2)13-26-31(39)37-33(41)38(32(26)40)24-9-11-25(12-10-24)43-18-22-7-8-23(35)16-28(22)36/h3-16H,17-18H2,1-2H3,(H,37,39,41)/b26-13+. The number of halogens is 3. The number of urea groups is 1. The Bertz CT molecular complexity index is 1770. The van der Waals surface area contributed by atoms with E-state index in [1.54, 1.807) is 54.6 Å². The number of nitrogens with zero attached hydrogens (tertiary/aromatic N) is 1. The fourth-order valence-corrected chi connectivity index (χ4v) is 5.39. The molecule has 11 heteroatoms. The monoisotopic (exact) mass is 694 g/mol. The average Bonchev–Trinajstić information content (AvgIpc) is 2.99. The molecule has 0 bridgehead atoms. The number of nitrogens with one attached hydrogen (secondary N) is 1. The molecular weight excluding hydrogens is 671 g/mol. The lowest BCUT2D eigenvalue weighted by Gasteiger charge is -2.26. The SMILES string of the molecule is COc1cc(/C=C2\C(=O)NC(=O)N(c3ccc(OCc4ccc(Cl)cc4Cl)cc3)C2=O)cc(Br)c1OCc1ccc(C)cc1. The molecule has 0 atom stereocenters. The number of rotatable bonds is 9. The molecule has 224 valence electrons. The maximum atomic E-state index is 13.5. The fraction of sp³-hybridized carbons (Fsp3) is 0.121. The van der Waals surface area contributed by atoms with E-state index in [-0.39, 0.29) is 17.9 Å². The molecule has 0 radical (unpaired) electrons. The molecular formula is C33H25BrCl2N2O6. The Labute approximate surface area is 272 Å². The maximum absolute atomic E-state index is 13.5. The van der Waals surface area contributed by atoms with Gasteiger partial charge in [0, 0.05) is 15.6 Å². The molecule has 44 heavy (non-hydrogen) atoms. The van der Waals surface area contributed by atoms with Gasteiger partial charge in [-0.15, -0.1) is 0 Å². The molecule has 1 fully saturated rings. The van der Waals surface area contributed by atoms with Crippen LogP contribution in [0, 0.1) is 6.92 Å². The first-order valence-corrected chi connectivity index (χ1v) is 14.8. The van der Waals surface area contributed by atoms with Crippen LogP contribution in [0.15, 0.2) is 88.9 Å². The summed E-state index contributed by atoms with van der Waals surface area (Å²) in [4.78, 5) is 39.8. The summed E-state index contributed by atoms with van der Waals surface area (Å²) in [7, 11) is 1.49. The number of ether oxygens (including phenoxy) is 3. The molecule has 1 saturated heterocycles. The van der Waals surface area contributed by atoms with Crippen molar-refractivity contribution >= 4 is 68.7 Å². The Balaban J connectivity index is 1.33. The molecule has 0 aromatic heterocycles. The van der Waals surface area contributed by atoms with Gasteiger partial charge in [0.05, 0.1) is 17.3 Å². The number of hydrogen-bond donors (Lipinski definition) is 1. The van der Waals surface area contributed by atoms with Crippen LogP contribution in [0.1, 0.15) is 22.3 Å². The third-order valence-corrected chi connectivity index (χ3v) is 7.85. The van der Waals surface area contributed by atoms with E-state index in [4.69, 9.17) is 37.4 Å². The van der Waals surface area contributed by atoms with Crippen LogP contribution in [0.4, 0.5) is 10.5 Å². The zero-order valence-corrected chi connectivity index (χ0v) is 26.6. The van der Waals surface area contributed by atoms with Crippen LogP contribution in [-0.2, 0) is 22.8 Å². The summed E-state index contributed by atoms with van der Waals surface area (Å²) in [5.74, 6) is -0.253. The first-order valence-electron chi connectivity index (χ1n) is 13.3. The first-order chi connectivity index (χ1) is 21.1. The van der Waals surface area contributed by atoms with E-state index in [2.05, 4.69) is 21.2 Å². The van der Waals surface area contributed by atoms with Crippen molar-refractivity contribution < 1.29 is 28.6 Å². The molecule has 0 spiro atoms. The third-order valence-electron chi connectivity index (χ3n) is 6.67. The van der Waals surface area contributed by atoms with Crippen molar-refractivity contribution in [1.82, 2.24) is 5.32 Å². The summed E-state index contributed by atoms with van der Waals surface area (Å²) in [6.07, 6.45) is 1.39. The molecule has 1 heterocycles. The quantitative estimate of drug-likeness (QED) is 0.141. The van der Waals surface area contributed by atoms with E-state index in [1.807, 2.05) is 31.2 Å². The van der Waals surface area contributed by atoms with Gasteiger partial charge in [0.25, 0.3) is 11.8 Å². The summed E-state index contributed by atoms with van der Waals surface area (Å²) in [5, 5.41) is 3.23. The number of amides is 4. The Morgan fingerprint density at radius 1 is 0.886 bits per heavy atom. The van der Waals surface area contributed by atoms with Crippen molar-refractivity contribution in [2.45, 2.75) is 20.1 Å². The molecule has 1 aliphatic heterocycles. The number of barbiturate groups is 1. The minimum absolute atomic E-state index is 0.189. The number of hydrogen-bond acceptors (Lipinski definition) is 6. The zero-order chi connectivity index (χ0) is 31.4. The number of imide groups is 2. The van der Waals surface area contributed by atoms with Crippen LogP contribution in [0.3, 0.4) is 0 Å². The number of carbonyl (C=O) groups excluding carboxylic acids is 3. The Kier molecular flexibility index (Phi) is 9.58. The van der Waals surface area contributed by atoms with Crippen molar-refractivity contribution in [2.75, 3.05) is 12.0 Å². The summed E-state index contributed by atoms with van der Waals surface area (Å²) in [5.41, 5.74) is 3.37. The molecule has 8 nitrogen and oxygen atoms in total. The summed E-state index contributed by atoms with van der Waals surface area (Å²) in [6.45, 7) is 2.51. The number of benzene rings is 4. The lowest BCUT2D eigenvalue weighted by atomic mass is 10.1. The topological polar surface area (TPSA) is 94.2 Å². The van der Waals surface area contributed by atoms with Gasteiger partial charge in [-0.2, -0.15) is 0 Å². The second-order valence-corrected chi connectivity index (χ2v) is 11.5. The van der Waals surface area contributed by atoms with E-state index in [0.29, 0.717) is 43.9 Å². The van der Waals surface area contributed by atoms with Gasteiger partial charge < -0.3 is 14.2 Å². The molecule has 0 unspecified atom stereocenters. The lowest BCUT2D eigenvalue weighted by molar-refractivity contribution is -0.122. The van der Waals surface area contributed by atoms with Crippen LogP contribution in [-0.4, -0.2) is 25.0 Å². The maximum Gasteiger partial charge on any atom is 0.335 e. The second-order valence-electron chi connectivity index (χ2n) is 9.78. The Morgan fingerprint density at radius 3 is 2.30 bits per heavy atom. The van der Waals surface area contributed by atoms with Gasteiger partial charge in [-0.05, 0) is 88.6 Å². The minimum atomic E-state index is -0.864. The van der Waals surface area contributed by atoms with Crippen LogP contribution < -0.4 is 24.4 Å². The van der Waals surface area contributed by atoms with Gasteiger partial charge in [0.2, 0.25) is 0 Å². The third kappa shape index (κ3) is 7.07.